The molecule has 1 fully saturated rings. The highest BCUT2D eigenvalue weighted by molar-refractivity contribution is 5.78. The van der Waals surface area contributed by atoms with Gasteiger partial charge in [-0.3, -0.25) is 4.79 Å². The number of hydrogen-bond donors (Lipinski definition) is 3. The summed E-state index contributed by atoms with van der Waals surface area (Å²) in [6.45, 7) is 1.55. The first kappa shape index (κ1) is 14.5. The van der Waals surface area contributed by atoms with Gasteiger partial charge in [0, 0.05) is 12.6 Å². The summed E-state index contributed by atoms with van der Waals surface area (Å²) in [4.78, 5) is 11.6. The lowest BCUT2D eigenvalue weighted by molar-refractivity contribution is -0.121. The topological polar surface area (TPSA) is 61.4 Å². The second kappa shape index (κ2) is 9.42. The Labute approximate surface area is 104 Å². The molecule has 1 aliphatic carbocycles. The van der Waals surface area contributed by atoms with Crippen molar-refractivity contribution in [1.82, 2.24) is 10.6 Å². The van der Waals surface area contributed by atoms with Crippen LogP contribution in [0.3, 0.4) is 0 Å². The quantitative estimate of drug-likeness (QED) is 0.560. The molecule has 100 valence electrons. The van der Waals surface area contributed by atoms with E-state index in [1.54, 1.807) is 0 Å². The minimum Gasteiger partial charge on any atom is -0.396 e. The number of hydrogen-bond acceptors (Lipinski definition) is 3. The van der Waals surface area contributed by atoms with Gasteiger partial charge < -0.3 is 15.7 Å². The van der Waals surface area contributed by atoms with E-state index < -0.39 is 0 Å². The number of carbonyl (C=O) groups excluding carboxylic acids is 1. The summed E-state index contributed by atoms with van der Waals surface area (Å²) >= 11 is 0. The number of aliphatic hydroxyl groups is 1. The minimum atomic E-state index is 0.124. The van der Waals surface area contributed by atoms with Gasteiger partial charge in [-0.05, 0) is 38.6 Å². The average molecular weight is 242 g/mol. The van der Waals surface area contributed by atoms with Gasteiger partial charge in [0.05, 0.1) is 6.54 Å². The number of rotatable bonds is 8. The Morgan fingerprint density at radius 1 is 1.12 bits per heavy atom. The van der Waals surface area contributed by atoms with Crippen molar-refractivity contribution < 1.29 is 9.90 Å². The van der Waals surface area contributed by atoms with Crippen molar-refractivity contribution in [2.24, 2.45) is 0 Å². The highest BCUT2D eigenvalue weighted by Gasteiger charge is 2.14. The Morgan fingerprint density at radius 2 is 1.88 bits per heavy atom. The van der Waals surface area contributed by atoms with Crippen molar-refractivity contribution in [3.8, 4) is 0 Å². The number of nitrogens with one attached hydrogen (secondary N) is 2. The molecule has 0 atom stereocenters. The van der Waals surface area contributed by atoms with E-state index in [2.05, 4.69) is 10.6 Å². The minimum absolute atomic E-state index is 0.124. The maximum atomic E-state index is 11.6. The molecule has 4 nitrogen and oxygen atoms in total. The standard InChI is InChI=1S/C13H26N2O2/c16-10-6-2-5-9-14-11-13(17)15-12-7-3-1-4-8-12/h12,14,16H,1-11H2,(H,15,17). The molecule has 4 heteroatoms. The van der Waals surface area contributed by atoms with E-state index in [-0.39, 0.29) is 12.5 Å². The first-order valence-corrected chi connectivity index (χ1v) is 6.94. The lowest BCUT2D eigenvalue weighted by atomic mass is 9.95. The van der Waals surface area contributed by atoms with E-state index >= 15 is 0 Å². The first-order chi connectivity index (χ1) is 8.33. The van der Waals surface area contributed by atoms with Crippen LogP contribution in [0.1, 0.15) is 51.4 Å². The average Bonchev–Trinajstić information content (AvgIpc) is 2.35. The predicted octanol–water partition coefficient (Wildman–Crippen LogP) is 1.19. The third-order valence-corrected chi connectivity index (χ3v) is 3.27. The molecule has 0 aromatic heterocycles. The summed E-state index contributed by atoms with van der Waals surface area (Å²) in [5, 5.41) is 14.8. The molecule has 0 aromatic rings. The number of carbonyl (C=O) groups is 1. The molecule has 0 radical (unpaired) electrons. The maximum absolute atomic E-state index is 11.6. The van der Waals surface area contributed by atoms with Crippen molar-refractivity contribution in [3.05, 3.63) is 0 Å². The van der Waals surface area contributed by atoms with Crippen molar-refractivity contribution in [2.45, 2.75) is 57.4 Å². The van der Waals surface area contributed by atoms with Gasteiger partial charge in [-0.2, -0.15) is 0 Å². The number of amides is 1. The molecule has 17 heavy (non-hydrogen) atoms. The van der Waals surface area contributed by atoms with E-state index in [4.69, 9.17) is 5.11 Å². The normalized spacial score (nSPS) is 17.0. The summed E-state index contributed by atoms with van der Waals surface area (Å²) in [6.07, 6.45) is 9.00. The van der Waals surface area contributed by atoms with Crippen LogP contribution in [-0.2, 0) is 4.79 Å². The molecule has 1 aliphatic rings. The molecule has 3 N–H and O–H groups in total. The van der Waals surface area contributed by atoms with Crippen LogP contribution < -0.4 is 10.6 Å². The molecule has 0 aromatic carbocycles. The van der Waals surface area contributed by atoms with Crippen LogP contribution in [0.25, 0.3) is 0 Å². The van der Waals surface area contributed by atoms with Gasteiger partial charge in [0.25, 0.3) is 0 Å². The molecule has 0 heterocycles. The second-order valence-corrected chi connectivity index (χ2v) is 4.86. The molecular formula is C13H26N2O2. The van der Waals surface area contributed by atoms with E-state index in [1.165, 1.54) is 19.3 Å². The summed E-state index contributed by atoms with van der Waals surface area (Å²) in [7, 11) is 0. The van der Waals surface area contributed by atoms with E-state index in [1.807, 2.05) is 0 Å². The van der Waals surface area contributed by atoms with E-state index in [9.17, 15) is 4.79 Å². The monoisotopic (exact) mass is 242 g/mol. The molecule has 1 amide bonds. The second-order valence-electron chi connectivity index (χ2n) is 4.86. The van der Waals surface area contributed by atoms with Crippen molar-refractivity contribution >= 4 is 5.91 Å². The zero-order valence-electron chi connectivity index (χ0n) is 10.7. The van der Waals surface area contributed by atoms with Crippen LogP contribution in [0.15, 0.2) is 0 Å². The Kier molecular flexibility index (Phi) is 8.01. The molecule has 0 spiro atoms. The van der Waals surface area contributed by atoms with Crippen molar-refractivity contribution in [1.29, 1.82) is 0 Å². The highest BCUT2D eigenvalue weighted by Crippen LogP contribution is 2.16. The SMILES string of the molecule is O=C(CNCCCCCO)NC1CCCCC1. The summed E-state index contributed by atoms with van der Waals surface area (Å²) in [5.41, 5.74) is 0. The van der Waals surface area contributed by atoms with Gasteiger partial charge in [-0.1, -0.05) is 19.3 Å². The lowest BCUT2D eigenvalue weighted by Crippen LogP contribution is -2.41. The van der Waals surface area contributed by atoms with Crippen molar-refractivity contribution in [3.63, 3.8) is 0 Å². The van der Waals surface area contributed by atoms with Crippen molar-refractivity contribution in [2.75, 3.05) is 19.7 Å². The largest absolute Gasteiger partial charge is 0.396 e. The smallest absolute Gasteiger partial charge is 0.234 e. The van der Waals surface area contributed by atoms with Gasteiger partial charge in [0.15, 0.2) is 0 Å². The number of unbranched alkanes of at least 4 members (excludes halogenated alkanes) is 2. The van der Waals surface area contributed by atoms with Crippen LogP contribution in [0.4, 0.5) is 0 Å². The maximum Gasteiger partial charge on any atom is 0.234 e. The van der Waals surface area contributed by atoms with Gasteiger partial charge >= 0.3 is 0 Å². The molecule has 0 aliphatic heterocycles. The Morgan fingerprint density at radius 3 is 2.59 bits per heavy atom. The highest BCUT2D eigenvalue weighted by atomic mass is 16.2. The molecule has 1 rings (SSSR count). The fraction of sp³-hybridized carbons (Fsp3) is 0.923. The molecule has 0 unspecified atom stereocenters. The lowest BCUT2D eigenvalue weighted by Gasteiger charge is -2.22. The molecule has 0 saturated heterocycles. The zero-order chi connectivity index (χ0) is 12.3. The predicted molar refractivity (Wildman–Crippen MR) is 68.8 cm³/mol. The van der Waals surface area contributed by atoms with E-state index in [0.29, 0.717) is 12.6 Å². The van der Waals surface area contributed by atoms with Crippen LogP contribution >= 0.6 is 0 Å². The summed E-state index contributed by atoms with van der Waals surface area (Å²) < 4.78 is 0. The summed E-state index contributed by atoms with van der Waals surface area (Å²) in [6, 6.07) is 0.410. The van der Waals surface area contributed by atoms with Crippen LogP contribution in [0, 0.1) is 0 Å². The zero-order valence-corrected chi connectivity index (χ0v) is 10.7. The molecule has 1 saturated carbocycles. The third-order valence-electron chi connectivity index (χ3n) is 3.27. The molecule has 0 bridgehead atoms. The molecular weight excluding hydrogens is 216 g/mol. The Bertz CT molecular complexity index is 204. The summed E-state index contributed by atoms with van der Waals surface area (Å²) in [5.74, 6) is 0.124. The van der Waals surface area contributed by atoms with Gasteiger partial charge in [-0.15, -0.1) is 0 Å². The van der Waals surface area contributed by atoms with Gasteiger partial charge in [-0.25, -0.2) is 0 Å². The number of aliphatic hydroxyl groups excluding tert-OH is 1. The van der Waals surface area contributed by atoms with E-state index in [0.717, 1.165) is 38.6 Å². The van der Waals surface area contributed by atoms with Gasteiger partial charge in [0.1, 0.15) is 0 Å². The van der Waals surface area contributed by atoms with Crippen LogP contribution in [0.5, 0.6) is 0 Å². The third kappa shape index (κ3) is 7.34. The fourth-order valence-electron chi connectivity index (χ4n) is 2.27. The Hall–Kier alpha value is -0.610. The fourth-order valence-corrected chi connectivity index (χ4v) is 2.27. The Balaban J connectivity index is 1.93. The first-order valence-electron chi connectivity index (χ1n) is 6.94. The van der Waals surface area contributed by atoms with Crippen LogP contribution in [0.2, 0.25) is 0 Å². The van der Waals surface area contributed by atoms with Gasteiger partial charge in [0.2, 0.25) is 5.91 Å². The van der Waals surface area contributed by atoms with Crippen LogP contribution in [-0.4, -0.2) is 36.8 Å².